The molecule has 2 aromatic heterocycles. The fraction of sp³-hybridized carbons (Fsp3) is 0.333. The summed E-state index contributed by atoms with van der Waals surface area (Å²) in [4.78, 5) is 2.47. The molecule has 0 aliphatic heterocycles. The fourth-order valence-electron chi connectivity index (χ4n) is 2.95. The molecule has 102 valence electrons. The molecule has 3 aromatic rings. The van der Waals surface area contributed by atoms with Crippen LogP contribution in [0.2, 0.25) is 0 Å². The minimum absolute atomic E-state index is 0.761. The van der Waals surface area contributed by atoms with Crippen molar-refractivity contribution in [2.75, 3.05) is 5.73 Å². The summed E-state index contributed by atoms with van der Waals surface area (Å²) in [6, 6.07) is 7.87. The van der Waals surface area contributed by atoms with Crippen molar-refractivity contribution in [3.8, 4) is 11.4 Å². The molecule has 0 radical (unpaired) electrons. The van der Waals surface area contributed by atoms with Crippen LogP contribution in [0.15, 0.2) is 24.3 Å². The molecular weight excluding hydrogens is 268 g/mol. The number of hydrogen-bond donors (Lipinski definition) is 1. The quantitative estimate of drug-likeness (QED) is 0.698. The van der Waals surface area contributed by atoms with Crippen LogP contribution in [0, 0.1) is 5.92 Å². The second-order valence-electron chi connectivity index (χ2n) is 5.59. The maximum atomic E-state index is 5.89. The number of rotatable bonds is 1. The monoisotopic (exact) mass is 284 g/mol. The largest absolute Gasteiger partial charge is 0.399 e. The lowest BCUT2D eigenvalue weighted by atomic mass is 9.93. The standard InChI is InChI=1S/C15H16N4S/c1-9-5-6-12-13(7-9)20-15-18-17-14(19(12)15)10-3-2-4-11(16)8-10/h2-4,8-9H,5-7,16H2,1H3. The van der Waals surface area contributed by atoms with Crippen LogP contribution in [0.5, 0.6) is 0 Å². The van der Waals surface area contributed by atoms with Crippen LogP contribution < -0.4 is 5.73 Å². The number of aryl methyl sites for hydroxylation is 1. The highest BCUT2D eigenvalue weighted by Gasteiger charge is 2.23. The molecule has 0 bridgehead atoms. The van der Waals surface area contributed by atoms with Crippen LogP contribution in [0.1, 0.15) is 23.9 Å². The van der Waals surface area contributed by atoms with Gasteiger partial charge in [0.15, 0.2) is 5.82 Å². The summed E-state index contributed by atoms with van der Waals surface area (Å²) in [6.45, 7) is 2.32. The first kappa shape index (κ1) is 11.9. The average Bonchev–Trinajstić information content (AvgIpc) is 2.96. The first-order chi connectivity index (χ1) is 9.72. The highest BCUT2D eigenvalue weighted by atomic mass is 32.1. The molecule has 1 aliphatic rings. The second kappa shape index (κ2) is 4.31. The van der Waals surface area contributed by atoms with Crippen LogP contribution in [-0.4, -0.2) is 14.6 Å². The maximum Gasteiger partial charge on any atom is 0.216 e. The number of nitrogen functional groups attached to an aromatic ring is 1. The maximum absolute atomic E-state index is 5.89. The van der Waals surface area contributed by atoms with E-state index in [0.29, 0.717) is 0 Å². The molecule has 4 nitrogen and oxygen atoms in total. The van der Waals surface area contributed by atoms with E-state index in [1.54, 1.807) is 11.3 Å². The fourth-order valence-corrected chi connectivity index (χ4v) is 4.22. The van der Waals surface area contributed by atoms with Crippen molar-refractivity contribution in [1.29, 1.82) is 0 Å². The molecule has 1 aromatic carbocycles. The summed E-state index contributed by atoms with van der Waals surface area (Å²) < 4.78 is 2.22. The number of fused-ring (bicyclic) bond motifs is 3. The van der Waals surface area contributed by atoms with Gasteiger partial charge >= 0.3 is 0 Å². The lowest BCUT2D eigenvalue weighted by molar-refractivity contribution is 0.499. The zero-order valence-electron chi connectivity index (χ0n) is 11.3. The molecule has 1 unspecified atom stereocenters. The van der Waals surface area contributed by atoms with Gasteiger partial charge in [-0.1, -0.05) is 30.4 Å². The van der Waals surface area contributed by atoms with E-state index in [1.807, 2.05) is 24.3 Å². The van der Waals surface area contributed by atoms with E-state index in [4.69, 9.17) is 5.73 Å². The molecular formula is C15H16N4S. The first-order valence-electron chi connectivity index (χ1n) is 6.94. The van der Waals surface area contributed by atoms with E-state index in [1.165, 1.54) is 23.4 Å². The third-order valence-corrected chi connectivity index (χ3v) is 5.09. The second-order valence-corrected chi connectivity index (χ2v) is 6.65. The van der Waals surface area contributed by atoms with Gasteiger partial charge in [-0.3, -0.25) is 4.40 Å². The Hall–Kier alpha value is -1.88. The van der Waals surface area contributed by atoms with Crippen molar-refractivity contribution < 1.29 is 0 Å². The number of aromatic nitrogens is 3. The van der Waals surface area contributed by atoms with E-state index in [-0.39, 0.29) is 0 Å². The number of anilines is 1. The van der Waals surface area contributed by atoms with Gasteiger partial charge in [0.25, 0.3) is 0 Å². The zero-order valence-corrected chi connectivity index (χ0v) is 12.2. The van der Waals surface area contributed by atoms with E-state index in [2.05, 4.69) is 21.5 Å². The molecule has 20 heavy (non-hydrogen) atoms. The predicted octanol–water partition coefficient (Wildman–Crippen LogP) is 3.16. The molecule has 4 rings (SSSR count). The van der Waals surface area contributed by atoms with E-state index < -0.39 is 0 Å². The van der Waals surface area contributed by atoms with Crippen LogP contribution >= 0.6 is 11.3 Å². The van der Waals surface area contributed by atoms with Crippen LogP contribution in [-0.2, 0) is 12.8 Å². The van der Waals surface area contributed by atoms with Crippen molar-refractivity contribution >= 4 is 22.0 Å². The van der Waals surface area contributed by atoms with Crippen molar-refractivity contribution in [2.24, 2.45) is 5.92 Å². The third-order valence-electron chi connectivity index (χ3n) is 3.99. The Bertz CT molecular complexity index is 786. The third kappa shape index (κ3) is 1.73. The highest BCUT2D eigenvalue weighted by Crippen LogP contribution is 2.34. The van der Waals surface area contributed by atoms with Crippen molar-refractivity contribution in [3.63, 3.8) is 0 Å². The van der Waals surface area contributed by atoms with Gasteiger partial charge in [-0.05, 0) is 37.3 Å². The normalized spacial score (nSPS) is 18.4. The topological polar surface area (TPSA) is 56.2 Å². The highest BCUT2D eigenvalue weighted by molar-refractivity contribution is 7.17. The molecule has 0 saturated heterocycles. The van der Waals surface area contributed by atoms with E-state index in [9.17, 15) is 0 Å². The molecule has 2 heterocycles. The van der Waals surface area contributed by atoms with Gasteiger partial charge in [0.05, 0.1) is 0 Å². The molecule has 1 atom stereocenters. The number of hydrogen-bond acceptors (Lipinski definition) is 4. The van der Waals surface area contributed by atoms with Gasteiger partial charge in [0.1, 0.15) is 0 Å². The number of nitrogens with zero attached hydrogens (tertiary/aromatic N) is 3. The molecule has 2 N–H and O–H groups in total. The lowest BCUT2D eigenvalue weighted by Gasteiger charge is -2.17. The van der Waals surface area contributed by atoms with Crippen LogP contribution in [0.3, 0.4) is 0 Å². The van der Waals surface area contributed by atoms with Gasteiger partial charge in [-0.15, -0.1) is 10.2 Å². The number of benzene rings is 1. The molecule has 0 fully saturated rings. The number of thiazole rings is 1. The minimum Gasteiger partial charge on any atom is -0.399 e. The predicted molar refractivity (Wildman–Crippen MR) is 81.9 cm³/mol. The Morgan fingerprint density at radius 1 is 1.35 bits per heavy atom. The van der Waals surface area contributed by atoms with Crippen LogP contribution in [0.25, 0.3) is 16.3 Å². The van der Waals surface area contributed by atoms with Crippen LogP contribution in [0.4, 0.5) is 5.69 Å². The molecule has 5 heteroatoms. The molecule has 0 spiro atoms. The first-order valence-corrected chi connectivity index (χ1v) is 7.75. The molecule has 1 aliphatic carbocycles. The Morgan fingerprint density at radius 2 is 2.25 bits per heavy atom. The summed E-state index contributed by atoms with van der Waals surface area (Å²) in [6.07, 6.45) is 3.52. The van der Waals surface area contributed by atoms with Crippen molar-refractivity contribution in [2.45, 2.75) is 26.2 Å². The summed E-state index contributed by atoms with van der Waals surface area (Å²) in [5.74, 6) is 1.69. The van der Waals surface area contributed by atoms with Crippen molar-refractivity contribution in [1.82, 2.24) is 14.6 Å². The minimum atomic E-state index is 0.761. The molecule has 0 amide bonds. The van der Waals surface area contributed by atoms with Gasteiger partial charge in [-0.25, -0.2) is 0 Å². The van der Waals surface area contributed by atoms with Gasteiger partial charge in [0, 0.05) is 21.8 Å². The smallest absolute Gasteiger partial charge is 0.216 e. The Morgan fingerprint density at radius 3 is 3.10 bits per heavy atom. The molecule has 0 saturated carbocycles. The van der Waals surface area contributed by atoms with E-state index >= 15 is 0 Å². The van der Waals surface area contributed by atoms with E-state index in [0.717, 1.165) is 34.4 Å². The summed E-state index contributed by atoms with van der Waals surface area (Å²) in [7, 11) is 0. The van der Waals surface area contributed by atoms with Crippen molar-refractivity contribution in [3.05, 3.63) is 34.8 Å². The zero-order chi connectivity index (χ0) is 13.7. The summed E-state index contributed by atoms with van der Waals surface area (Å²) >= 11 is 1.78. The summed E-state index contributed by atoms with van der Waals surface area (Å²) in [5, 5.41) is 8.71. The Labute approximate surface area is 121 Å². The summed E-state index contributed by atoms with van der Waals surface area (Å²) in [5.41, 5.74) is 9.08. The Balaban J connectivity index is 1.93. The SMILES string of the molecule is CC1CCc2c(sc3nnc(-c4cccc(N)c4)n23)C1. The number of nitrogens with two attached hydrogens (primary N) is 1. The lowest BCUT2D eigenvalue weighted by Crippen LogP contribution is -2.11. The Kier molecular flexibility index (Phi) is 2.57. The average molecular weight is 284 g/mol. The van der Waals surface area contributed by atoms with Gasteiger partial charge in [0.2, 0.25) is 4.96 Å². The van der Waals surface area contributed by atoms with Gasteiger partial charge < -0.3 is 5.73 Å². The van der Waals surface area contributed by atoms with Gasteiger partial charge in [-0.2, -0.15) is 0 Å².